The van der Waals surface area contributed by atoms with Crippen LogP contribution in [0.1, 0.15) is 0 Å². The van der Waals surface area contributed by atoms with Crippen molar-refractivity contribution in [3.8, 4) is 0 Å². The van der Waals surface area contributed by atoms with Gasteiger partial charge in [-0.1, -0.05) is 23.2 Å². The van der Waals surface area contributed by atoms with Gasteiger partial charge in [0.25, 0.3) is 0 Å². The normalized spacial score (nSPS) is 10.7. The number of hydrogen-bond donors (Lipinski definition) is 1. The van der Waals surface area contributed by atoms with Crippen molar-refractivity contribution in [1.29, 1.82) is 0 Å². The fourth-order valence-electron chi connectivity index (χ4n) is 1.64. The molecule has 1 aromatic heterocycles. The molecular weight excluding hydrogens is 265 g/mol. The summed E-state index contributed by atoms with van der Waals surface area (Å²) in [6, 6.07) is 4.26. The summed E-state index contributed by atoms with van der Waals surface area (Å²) in [6.45, 7) is -0.256. The maximum atomic E-state index is 11.7. The molecule has 0 aliphatic rings. The van der Waals surface area contributed by atoms with Gasteiger partial charge in [-0.25, -0.2) is 0 Å². The van der Waals surface area contributed by atoms with E-state index in [0.717, 1.165) is 0 Å². The smallest absolute Gasteiger partial charge is 0.323 e. The molecule has 0 saturated heterocycles. The quantitative estimate of drug-likeness (QED) is 0.913. The molecule has 2 aromatic rings. The van der Waals surface area contributed by atoms with Crippen LogP contribution >= 0.6 is 23.2 Å². The zero-order valence-electron chi connectivity index (χ0n) is 8.48. The Hall–Kier alpha value is -1.52. The van der Waals surface area contributed by atoms with Crippen LogP contribution < -0.4 is 5.43 Å². The van der Waals surface area contributed by atoms with E-state index in [0.29, 0.717) is 10.5 Å². The molecule has 1 aromatic carbocycles. The van der Waals surface area contributed by atoms with Gasteiger partial charge in [0.15, 0.2) is 5.43 Å². The number of carboxylic acid groups (broad SMARTS) is 1. The molecule has 88 valence electrons. The molecule has 0 fully saturated rings. The van der Waals surface area contributed by atoms with Gasteiger partial charge in [0, 0.05) is 17.3 Å². The molecule has 0 bridgehead atoms. The highest BCUT2D eigenvalue weighted by molar-refractivity contribution is 6.38. The van der Waals surface area contributed by atoms with Crippen molar-refractivity contribution in [1.82, 2.24) is 4.57 Å². The Bertz CT molecular complexity index is 664. The summed E-state index contributed by atoms with van der Waals surface area (Å²) in [4.78, 5) is 22.4. The molecule has 0 saturated carbocycles. The van der Waals surface area contributed by atoms with Crippen LogP contribution in [0.2, 0.25) is 10.0 Å². The minimum absolute atomic E-state index is 0.220. The molecule has 0 spiro atoms. The minimum atomic E-state index is -1.01. The topological polar surface area (TPSA) is 59.3 Å². The van der Waals surface area contributed by atoms with Gasteiger partial charge in [-0.3, -0.25) is 9.59 Å². The van der Waals surface area contributed by atoms with Gasteiger partial charge < -0.3 is 9.67 Å². The average molecular weight is 272 g/mol. The Balaban J connectivity index is 2.84. The zero-order valence-corrected chi connectivity index (χ0v) is 10.00. The Morgan fingerprint density at radius 2 is 2.06 bits per heavy atom. The van der Waals surface area contributed by atoms with E-state index in [-0.39, 0.29) is 22.4 Å². The zero-order chi connectivity index (χ0) is 12.6. The first kappa shape index (κ1) is 12.0. The van der Waals surface area contributed by atoms with Gasteiger partial charge in [-0.2, -0.15) is 0 Å². The van der Waals surface area contributed by atoms with Crippen LogP contribution in [-0.2, 0) is 11.3 Å². The molecule has 0 radical (unpaired) electrons. The Labute approximate surface area is 106 Å². The van der Waals surface area contributed by atoms with E-state index in [1.165, 1.54) is 29.0 Å². The summed E-state index contributed by atoms with van der Waals surface area (Å²) < 4.78 is 1.41. The first-order valence-electron chi connectivity index (χ1n) is 4.69. The second-order valence-electron chi connectivity index (χ2n) is 3.48. The van der Waals surface area contributed by atoms with Gasteiger partial charge in [-0.05, 0) is 12.1 Å². The lowest BCUT2D eigenvalue weighted by molar-refractivity contribution is -0.137. The molecule has 2 rings (SSSR count). The number of pyridine rings is 1. The molecule has 6 heteroatoms. The highest BCUT2D eigenvalue weighted by Crippen LogP contribution is 2.25. The number of carbonyl (C=O) groups is 1. The van der Waals surface area contributed by atoms with Crippen molar-refractivity contribution in [3.05, 3.63) is 44.7 Å². The van der Waals surface area contributed by atoms with E-state index < -0.39 is 5.97 Å². The first-order chi connectivity index (χ1) is 7.99. The number of benzene rings is 1. The van der Waals surface area contributed by atoms with Crippen LogP contribution in [0.15, 0.2) is 29.2 Å². The van der Waals surface area contributed by atoms with Crippen LogP contribution in [0, 0.1) is 0 Å². The van der Waals surface area contributed by atoms with Crippen molar-refractivity contribution in [3.63, 3.8) is 0 Å². The first-order valence-corrected chi connectivity index (χ1v) is 5.44. The molecule has 4 nitrogen and oxygen atoms in total. The highest BCUT2D eigenvalue weighted by Gasteiger charge is 2.10. The van der Waals surface area contributed by atoms with Crippen molar-refractivity contribution >= 4 is 40.1 Å². The number of carboxylic acids is 1. The second-order valence-corrected chi connectivity index (χ2v) is 4.33. The number of hydrogen-bond acceptors (Lipinski definition) is 2. The van der Waals surface area contributed by atoms with Crippen molar-refractivity contribution in [2.24, 2.45) is 0 Å². The van der Waals surface area contributed by atoms with Crippen LogP contribution in [0.4, 0.5) is 0 Å². The third-order valence-corrected chi connectivity index (χ3v) is 2.82. The van der Waals surface area contributed by atoms with E-state index in [1.54, 1.807) is 0 Å². The minimum Gasteiger partial charge on any atom is -0.480 e. The van der Waals surface area contributed by atoms with Crippen molar-refractivity contribution in [2.75, 3.05) is 0 Å². The maximum absolute atomic E-state index is 11.7. The van der Waals surface area contributed by atoms with E-state index in [4.69, 9.17) is 28.3 Å². The molecule has 0 aliphatic carbocycles. The fraction of sp³-hybridized carbons (Fsp3) is 0.0909. The largest absolute Gasteiger partial charge is 0.480 e. The Kier molecular flexibility index (Phi) is 3.09. The number of aliphatic carboxylic acids is 1. The van der Waals surface area contributed by atoms with E-state index >= 15 is 0 Å². The predicted octanol–water partition coefficient (Wildman–Crippen LogP) is 2.39. The Morgan fingerprint density at radius 3 is 2.71 bits per heavy atom. The number of nitrogens with zero attached hydrogens (tertiary/aromatic N) is 1. The number of halogens is 2. The third kappa shape index (κ3) is 2.28. The predicted molar refractivity (Wildman–Crippen MR) is 65.9 cm³/mol. The van der Waals surface area contributed by atoms with Crippen molar-refractivity contribution in [2.45, 2.75) is 6.54 Å². The lowest BCUT2D eigenvalue weighted by Gasteiger charge is -2.09. The molecular formula is C11H7Cl2NO3. The lowest BCUT2D eigenvalue weighted by Crippen LogP contribution is -2.13. The maximum Gasteiger partial charge on any atom is 0.323 e. The third-order valence-electron chi connectivity index (χ3n) is 2.30. The van der Waals surface area contributed by atoms with Crippen LogP contribution in [0.5, 0.6) is 0 Å². The highest BCUT2D eigenvalue weighted by atomic mass is 35.5. The summed E-state index contributed by atoms with van der Waals surface area (Å²) in [5.74, 6) is -1.01. The van der Waals surface area contributed by atoms with E-state index in [9.17, 15) is 9.59 Å². The van der Waals surface area contributed by atoms with Gasteiger partial charge in [-0.15, -0.1) is 0 Å². The van der Waals surface area contributed by atoms with E-state index in [1.807, 2.05) is 0 Å². The summed E-state index contributed by atoms with van der Waals surface area (Å²) in [6.07, 6.45) is 1.41. The van der Waals surface area contributed by atoms with Crippen LogP contribution in [0.25, 0.3) is 10.9 Å². The second kappa shape index (κ2) is 4.39. The summed E-state index contributed by atoms with van der Waals surface area (Å²) in [5, 5.41) is 9.62. The molecule has 17 heavy (non-hydrogen) atoms. The van der Waals surface area contributed by atoms with Crippen molar-refractivity contribution < 1.29 is 9.90 Å². The molecule has 0 amide bonds. The van der Waals surface area contributed by atoms with Gasteiger partial charge in [0.05, 0.1) is 15.9 Å². The van der Waals surface area contributed by atoms with Crippen LogP contribution in [0.3, 0.4) is 0 Å². The fourth-order valence-corrected chi connectivity index (χ4v) is 2.21. The SMILES string of the molecule is O=C(O)Cn1ccc(=O)c2c(Cl)cc(Cl)cc21. The Morgan fingerprint density at radius 1 is 1.35 bits per heavy atom. The number of aromatic nitrogens is 1. The standard InChI is InChI=1S/C11H7Cl2NO3/c12-6-3-7(13)11-8(4-6)14(5-10(16)17)2-1-9(11)15/h1-4H,5H2,(H,16,17). The lowest BCUT2D eigenvalue weighted by atomic mass is 10.2. The van der Waals surface area contributed by atoms with Gasteiger partial charge in [0.1, 0.15) is 6.54 Å². The summed E-state index contributed by atoms with van der Waals surface area (Å²) in [5.41, 5.74) is 0.153. The number of fused-ring (bicyclic) bond motifs is 1. The summed E-state index contributed by atoms with van der Waals surface area (Å²) >= 11 is 11.8. The van der Waals surface area contributed by atoms with Crippen LogP contribution in [-0.4, -0.2) is 15.6 Å². The molecule has 0 unspecified atom stereocenters. The monoisotopic (exact) mass is 271 g/mol. The van der Waals surface area contributed by atoms with E-state index in [2.05, 4.69) is 0 Å². The number of rotatable bonds is 2. The molecule has 1 heterocycles. The molecule has 1 N–H and O–H groups in total. The van der Waals surface area contributed by atoms with Gasteiger partial charge in [0.2, 0.25) is 0 Å². The molecule has 0 aliphatic heterocycles. The summed E-state index contributed by atoms with van der Waals surface area (Å²) in [7, 11) is 0. The molecule has 0 atom stereocenters. The average Bonchev–Trinajstić information content (AvgIpc) is 2.20. The van der Waals surface area contributed by atoms with Gasteiger partial charge >= 0.3 is 5.97 Å².